The first-order valence-electron chi connectivity index (χ1n) is 10.4. The van der Waals surface area contributed by atoms with Gasteiger partial charge in [-0.15, -0.1) is 0 Å². The lowest BCUT2D eigenvalue weighted by molar-refractivity contribution is -0.218. The van der Waals surface area contributed by atoms with E-state index in [0.29, 0.717) is 0 Å². The first-order valence-corrected chi connectivity index (χ1v) is 10.4. The fraction of sp³-hybridized carbons (Fsp3) is 0.348. The van der Waals surface area contributed by atoms with Gasteiger partial charge in [-0.2, -0.15) is 23.7 Å². The molecule has 1 fully saturated rings. The topological polar surface area (TPSA) is 137 Å². The molecule has 1 aromatic carbocycles. The maximum Gasteiger partial charge on any atom is 0.415 e. The van der Waals surface area contributed by atoms with E-state index in [9.17, 15) is 23.2 Å². The third-order valence-electron chi connectivity index (χ3n) is 6.36. The van der Waals surface area contributed by atoms with E-state index < -0.39 is 47.5 Å². The number of aliphatic imine (C=N–C) groups is 1. The van der Waals surface area contributed by atoms with Crippen molar-refractivity contribution in [2.75, 3.05) is 11.9 Å². The van der Waals surface area contributed by atoms with Crippen molar-refractivity contribution in [3.63, 3.8) is 0 Å². The van der Waals surface area contributed by atoms with Crippen LogP contribution in [0.5, 0.6) is 0 Å². The SMILES string of the molecule is C[C@@]1(C#N)C[C@@H]2[C@@H](C(F)(F)F)OC[C@]2(c2cc(NC(=O)c3ccc(C#N)cn3)ccc2F)N=C1N. The Hall–Kier alpha value is -4.03. The number of nitriles is 2. The van der Waals surface area contributed by atoms with E-state index in [1.54, 1.807) is 0 Å². The van der Waals surface area contributed by atoms with E-state index in [2.05, 4.69) is 15.3 Å². The molecule has 4 atom stereocenters. The molecule has 8 nitrogen and oxygen atoms in total. The predicted octanol–water partition coefficient (Wildman–Crippen LogP) is 3.41. The van der Waals surface area contributed by atoms with Crippen LogP contribution in [0.15, 0.2) is 41.5 Å². The second kappa shape index (κ2) is 8.32. The van der Waals surface area contributed by atoms with Gasteiger partial charge in [-0.05, 0) is 43.7 Å². The normalized spacial score (nSPS) is 27.8. The van der Waals surface area contributed by atoms with Crippen molar-refractivity contribution >= 4 is 17.4 Å². The van der Waals surface area contributed by atoms with Crippen LogP contribution in [0.3, 0.4) is 0 Å². The number of anilines is 1. The molecular formula is C23H18F4N6O2. The van der Waals surface area contributed by atoms with Crippen LogP contribution in [0.4, 0.5) is 23.2 Å². The average Bonchev–Trinajstić information content (AvgIpc) is 3.19. The van der Waals surface area contributed by atoms with Gasteiger partial charge in [-0.25, -0.2) is 9.37 Å². The van der Waals surface area contributed by atoms with Gasteiger partial charge in [0, 0.05) is 23.4 Å². The fourth-order valence-electron chi connectivity index (χ4n) is 4.45. The van der Waals surface area contributed by atoms with Crippen LogP contribution >= 0.6 is 0 Å². The van der Waals surface area contributed by atoms with Gasteiger partial charge in [-0.1, -0.05) is 0 Å². The third-order valence-corrected chi connectivity index (χ3v) is 6.36. The molecule has 2 aliphatic heterocycles. The molecular weight excluding hydrogens is 468 g/mol. The van der Waals surface area contributed by atoms with Crippen molar-refractivity contribution in [1.82, 2.24) is 4.98 Å². The van der Waals surface area contributed by atoms with Crippen molar-refractivity contribution in [3.05, 3.63) is 59.2 Å². The first kappa shape index (κ1) is 24.1. The van der Waals surface area contributed by atoms with Crippen LogP contribution in [0.1, 0.15) is 35.0 Å². The van der Waals surface area contributed by atoms with E-state index >= 15 is 4.39 Å². The molecule has 4 rings (SSSR count). The number of nitrogens with zero attached hydrogens (tertiary/aromatic N) is 4. The summed E-state index contributed by atoms with van der Waals surface area (Å²) < 4.78 is 61.6. The lowest BCUT2D eigenvalue weighted by atomic mass is 9.66. The second-order valence-electron chi connectivity index (χ2n) is 8.64. The second-order valence-corrected chi connectivity index (χ2v) is 8.64. The van der Waals surface area contributed by atoms with Gasteiger partial charge in [0.2, 0.25) is 0 Å². The molecule has 1 aromatic heterocycles. The van der Waals surface area contributed by atoms with Crippen molar-refractivity contribution in [1.29, 1.82) is 10.5 Å². The number of nitrogens with one attached hydrogen (secondary N) is 1. The average molecular weight is 486 g/mol. The quantitative estimate of drug-likeness (QED) is 0.638. The van der Waals surface area contributed by atoms with Crippen LogP contribution in [0, 0.1) is 39.8 Å². The predicted molar refractivity (Wildman–Crippen MR) is 114 cm³/mol. The smallest absolute Gasteiger partial charge is 0.386 e. The van der Waals surface area contributed by atoms with Crippen LogP contribution in [-0.2, 0) is 10.3 Å². The number of benzene rings is 1. The number of carbonyl (C=O) groups excluding carboxylic acids is 1. The molecule has 35 heavy (non-hydrogen) atoms. The number of pyridine rings is 1. The highest BCUT2D eigenvalue weighted by atomic mass is 19.4. The minimum Gasteiger partial charge on any atom is -0.386 e. The lowest BCUT2D eigenvalue weighted by Crippen LogP contribution is -2.51. The molecule has 3 heterocycles. The molecule has 180 valence electrons. The summed E-state index contributed by atoms with van der Waals surface area (Å²) in [6.07, 6.45) is -6.22. The van der Waals surface area contributed by atoms with Crippen LogP contribution < -0.4 is 11.1 Å². The van der Waals surface area contributed by atoms with Gasteiger partial charge in [0.15, 0.2) is 6.10 Å². The number of halogens is 4. The Bertz CT molecular complexity index is 1300. The number of carbonyl (C=O) groups is 1. The van der Waals surface area contributed by atoms with Crippen molar-refractivity contribution in [2.24, 2.45) is 22.1 Å². The molecule has 0 unspecified atom stereocenters. The third kappa shape index (κ3) is 4.06. The number of nitrogens with two attached hydrogens (primary N) is 1. The number of amidine groups is 1. The Morgan fingerprint density at radius 2 is 2.03 bits per heavy atom. The van der Waals surface area contributed by atoms with E-state index in [-0.39, 0.29) is 34.8 Å². The van der Waals surface area contributed by atoms with Gasteiger partial charge in [-0.3, -0.25) is 9.79 Å². The lowest BCUT2D eigenvalue weighted by Gasteiger charge is -2.42. The Morgan fingerprint density at radius 1 is 1.29 bits per heavy atom. The largest absolute Gasteiger partial charge is 0.415 e. The zero-order chi connectivity index (χ0) is 25.6. The number of fused-ring (bicyclic) bond motifs is 1. The number of aromatic nitrogens is 1. The number of alkyl halides is 3. The molecule has 0 bridgehead atoms. The summed E-state index contributed by atoms with van der Waals surface area (Å²) >= 11 is 0. The van der Waals surface area contributed by atoms with Gasteiger partial charge in [0.05, 0.1) is 18.2 Å². The van der Waals surface area contributed by atoms with Gasteiger partial charge in [0.25, 0.3) is 5.91 Å². The fourth-order valence-corrected chi connectivity index (χ4v) is 4.45. The molecule has 0 spiro atoms. The molecule has 0 saturated carbocycles. The van der Waals surface area contributed by atoms with Crippen molar-refractivity contribution < 1.29 is 27.1 Å². The summed E-state index contributed by atoms with van der Waals surface area (Å²) in [5, 5.41) is 20.9. The minimum absolute atomic E-state index is 0.0306. The summed E-state index contributed by atoms with van der Waals surface area (Å²) in [4.78, 5) is 20.7. The molecule has 0 aliphatic carbocycles. The Balaban J connectivity index is 1.76. The number of ether oxygens (including phenoxy) is 1. The van der Waals surface area contributed by atoms with E-state index in [1.807, 2.05) is 12.1 Å². The minimum atomic E-state index is -4.78. The standard InChI is InChI=1S/C23H18F4N6O2/c1-21(10-29)7-15-18(23(25,26)27)35-11-22(15,33-20(21)30)14-6-13(3-4-16(14)24)32-19(34)17-5-2-12(8-28)9-31-17/h2-6,9,15,18H,7,11H2,1H3,(H2,30,33)(H,32,34)/t15-,18+,21+,22-/m1/s1. The Morgan fingerprint density at radius 3 is 2.63 bits per heavy atom. The van der Waals surface area contributed by atoms with Crippen LogP contribution in [0.2, 0.25) is 0 Å². The highest BCUT2D eigenvalue weighted by Gasteiger charge is 2.64. The maximum atomic E-state index is 15.1. The molecule has 3 N–H and O–H groups in total. The number of rotatable bonds is 3. The zero-order valence-electron chi connectivity index (χ0n) is 18.2. The molecule has 0 radical (unpaired) electrons. The summed E-state index contributed by atoms with van der Waals surface area (Å²) in [5.41, 5.74) is 2.69. The Kier molecular flexibility index (Phi) is 5.73. The molecule has 2 aliphatic rings. The summed E-state index contributed by atoms with van der Waals surface area (Å²) in [6.45, 7) is 0.759. The molecule has 2 aromatic rings. The molecule has 1 saturated heterocycles. The van der Waals surface area contributed by atoms with Crippen LogP contribution in [0.25, 0.3) is 0 Å². The van der Waals surface area contributed by atoms with Crippen molar-refractivity contribution in [3.8, 4) is 12.1 Å². The van der Waals surface area contributed by atoms with Crippen molar-refractivity contribution in [2.45, 2.75) is 31.2 Å². The molecule has 12 heteroatoms. The first-order chi connectivity index (χ1) is 16.4. The number of hydrogen-bond donors (Lipinski definition) is 2. The van der Waals surface area contributed by atoms with E-state index in [4.69, 9.17) is 15.7 Å². The monoisotopic (exact) mass is 486 g/mol. The highest BCUT2D eigenvalue weighted by molar-refractivity contribution is 6.03. The Labute approximate surface area is 197 Å². The van der Waals surface area contributed by atoms with E-state index in [0.717, 1.165) is 6.07 Å². The van der Waals surface area contributed by atoms with Crippen LogP contribution in [-0.4, -0.2) is 35.6 Å². The highest BCUT2D eigenvalue weighted by Crippen LogP contribution is 2.55. The summed E-state index contributed by atoms with van der Waals surface area (Å²) in [5.74, 6) is -3.20. The summed E-state index contributed by atoms with van der Waals surface area (Å²) in [7, 11) is 0. The number of hydrogen-bond acceptors (Lipinski definition) is 7. The number of amides is 1. The summed E-state index contributed by atoms with van der Waals surface area (Å²) in [6, 6.07) is 9.89. The maximum absolute atomic E-state index is 15.1. The van der Waals surface area contributed by atoms with Gasteiger partial charge < -0.3 is 15.8 Å². The van der Waals surface area contributed by atoms with E-state index in [1.165, 1.54) is 37.4 Å². The van der Waals surface area contributed by atoms with Gasteiger partial charge >= 0.3 is 6.18 Å². The van der Waals surface area contributed by atoms with Gasteiger partial charge in [0.1, 0.15) is 34.4 Å². The zero-order valence-corrected chi connectivity index (χ0v) is 18.2. The molecule has 1 amide bonds.